The summed E-state index contributed by atoms with van der Waals surface area (Å²) in [5.74, 6) is 6.79. The van der Waals surface area contributed by atoms with Gasteiger partial charge in [-0.2, -0.15) is 0 Å². The summed E-state index contributed by atoms with van der Waals surface area (Å²) in [5, 5.41) is 11.5. The van der Waals surface area contributed by atoms with E-state index in [2.05, 4.69) is 15.5 Å². The number of carbonyl (C=O) groups excluding carboxylic acids is 1. The molecule has 6 nitrogen and oxygen atoms in total. The molecule has 2 aromatic carbocycles. The van der Waals surface area contributed by atoms with E-state index in [1.54, 1.807) is 0 Å². The van der Waals surface area contributed by atoms with Crippen LogP contribution in [0.1, 0.15) is 11.4 Å². The third-order valence-corrected chi connectivity index (χ3v) is 4.27. The molecule has 0 aliphatic carbocycles. The van der Waals surface area contributed by atoms with Crippen molar-refractivity contribution >= 4 is 23.4 Å². The van der Waals surface area contributed by atoms with E-state index in [1.807, 2.05) is 60.7 Å². The number of rotatable bonds is 6. The molecule has 0 spiro atoms. The predicted octanol–water partition coefficient (Wildman–Crippen LogP) is 2.31. The minimum atomic E-state index is -0.112. The molecule has 0 saturated heterocycles. The van der Waals surface area contributed by atoms with Crippen molar-refractivity contribution in [1.29, 1.82) is 0 Å². The average molecular weight is 339 g/mol. The lowest BCUT2D eigenvalue weighted by atomic mass is 10.1. The summed E-state index contributed by atoms with van der Waals surface area (Å²) in [7, 11) is 0. The molecule has 3 N–H and O–H groups in total. The van der Waals surface area contributed by atoms with Crippen molar-refractivity contribution in [1.82, 2.24) is 14.9 Å². The van der Waals surface area contributed by atoms with Crippen LogP contribution in [0.25, 0.3) is 0 Å². The van der Waals surface area contributed by atoms with Gasteiger partial charge in [-0.1, -0.05) is 60.3 Å². The van der Waals surface area contributed by atoms with Crippen LogP contribution in [0.3, 0.4) is 0 Å². The average Bonchev–Trinajstić information content (AvgIpc) is 2.95. The molecule has 7 heteroatoms. The van der Waals surface area contributed by atoms with E-state index in [1.165, 1.54) is 16.4 Å². The van der Waals surface area contributed by atoms with Gasteiger partial charge in [-0.25, -0.2) is 4.68 Å². The summed E-state index contributed by atoms with van der Waals surface area (Å²) < 4.78 is 1.44. The van der Waals surface area contributed by atoms with Gasteiger partial charge in [0.05, 0.1) is 5.75 Å². The highest BCUT2D eigenvalue weighted by Crippen LogP contribution is 2.17. The number of thioether (sulfide) groups is 1. The third kappa shape index (κ3) is 4.14. The number of para-hydroxylation sites is 1. The first-order valence-electron chi connectivity index (χ1n) is 7.43. The fraction of sp³-hybridized carbons (Fsp3) is 0.118. The number of nitrogens with one attached hydrogen (secondary N) is 1. The molecule has 3 aromatic rings. The van der Waals surface area contributed by atoms with Gasteiger partial charge < -0.3 is 11.2 Å². The molecular formula is C17H17N5OS. The fourth-order valence-electron chi connectivity index (χ4n) is 2.15. The molecule has 1 amide bonds. The number of nitrogen functional groups attached to an aromatic ring is 1. The first-order valence-corrected chi connectivity index (χ1v) is 8.42. The van der Waals surface area contributed by atoms with Gasteiger partial charge in [0.15, 0.2) is 5.82 Å². The van der Waals surface area contributed by atoms with Crippen molar-refractivity contribution in [2.45, 2.75) is 11.6 Å². The summed E-state index contributed by atoms with van der Waals surface area (Å²) in [4.78, 5) is 12.0. The molecule has 0 unspecified atom stereocenters. The van der Waals surface area contributed by atoms with Crippen molar-refractivity contribution in [3.63, 3.8) is 0 Å². The Hall–Kier alpha value is -2.80. The maximum absolute atomic E-state index is 12.0. The molecule has 0 fully saturated rings. The predicted molar refractivity (Wildman–Crippen MR) is 95.2 cm³/mol. The Labute approximate surface area is 144 Å². The Morgan fingerprint density at radius 2 is 1.71 bits per heavy atom. The zero-order chi connectivity index (χ0) is 16.8. The molecule has 1 aromatic heterocycles. The van der Waals surface area contributed by atoms with Crippen LogP contribution in [0.15, 0.2) is 65.8 Å². The van der Waals surface area contributed by atoms with Gasteiger partial charge in [0.25, 0.3) is 0 Å². The van der Waals surface area contributed by atoms with Gasteiger partial charge in [0, 0.05) is 12.1 Å². The highest BCUT2D eigenvalue weighted by molar-refractivity contribution is 7.99. The number of carbonyl (C=O) groups is 1. The second kappa shape index (κ2) is 7.65. The Morgan fingerprint density at radius 3 is 2.42 bits per heavy atom. The zero-order valence-electron chi connectivity index (χ0n) is 12.9. The summed E-state index contributed by atoms with van der Waals surface area (Å²) in [6.07, 6.45) is 0.598. The number of nitrogens with two attached hydrogens (primary N) is 1. The van der Waals surface area contributed by atoms with Crippen LogP contribution in [0, 0.1) is 0 Å². The molecule has 0 aliphatic heterocycles. The second-order valence-electron chi connectivity index (χ2n) is 5.13. The van der Waals surface area contributed by atoms with Crippen LogP contribution in [0.4, 0.5) is 5.69 Å². The number of nitrogens with zero attached hydrogens (tertiary/aromatic N) is 3. The van der Waals surface area contributed by atoms with Crippen LogP contribution >= 0.6 is 11.8 Å². The Balaban J connectivity index is 1.57. The lowest BCUT2D eigenvalue weighted by molar-refractivity contribution is -0.113. The molecular weight excluding hydrogens is 322 g/mol. The molecule has 0 radical (unpaired) electrons. The highest BCUT2D eigenvalue weighted by atomic mass is 32.2. The lowest BCUT2D eigenvalue weighted by Crippen LogP contribution is -2.17. The normalized spacial score (nSPS) is 10.5. The van der Waals surface area contributed by atoms with Gasteiger partial charge in [-0.05, 0) is 17.7 Å². The van der Waals surface area contributed by atoms with Crippen LogP contribution in [-0.2, 0) is 11.2 Å². The standard InChI is InChI=1S/C17H17N5OS/c18-22-15(11-13-7-3-1-4-8-13)20-21-17(22)24-12-16(23)19-14-9-5-2-6-10-14/h1-10H,11-12,18H2,(H,19,23). The monoisotopic (exact) mass is 339 g/mol. The molecule has 0 bridgehead atoms. The molecule has 0 aliphatic rings. The van der Waals surface area contributed by atoms with Crippen molar-refractivity contribution in [3.05, 3.63) is 72.1 Å². The van der Waals surface area contributed by atoms with Crippen LogP contribution in [-0.4, -0.2) is 26.5 Å². The maximum Gasteiger partial charge on any atom is 0.234 e. The van der Waals surface area contributed by atoms with Gasteiger partial charge in [0.1, 0.15) is 0 Å². The molecule has 0 saturated carbocycles. The SMILES string of the molecule is Nn1c(Cc2ccccc2)nnc1SCC(=O)Nc1ccccc1. The number of anilines is 1. The van der Waals surface area contributed by atoms with Crippen molar-refractivity contribution in [3.8, 4) is 0 Å². The lowest BCUT2D eigenvalue weighted by Gasteiger charge is -2.05. The topological polar surface area (TPSA) is 85.8 Å². The fourth-order valence-corrected chi connectivity index (χ4v) is 2.83. The van der Waals surface area contributed by atoms with E-state index < -0.39 is 0 Å². The Morgan fingerprint density at radius 1 is 1.04 bits per heavy atom. The van der Waals surface area contributed by atoms with E-state index >= 15 is 0 Å². The molecule has 3 rings (SSSR count). The minimum absolute atomic E-state index is 0.112. The van der Waals surface area contributed by atoms with Crippen molar-refractivity contribution < 1.29 is 4.79 Å². The van der Waals surface area contributed by atoms with Gasteiger partial charge in [-0.15, -0.1) is 10.2 Å². The number of hydrogen-bond acceptors (Lipinski definition) is 5. The van der Waals surface area contributed by atoms with E-state index in [-0.39, 0.29) is 11.7 Å². The molecule has 122 valence electrons. The van der Waals surface area contributed by atoms with Gasteiger partial charge in [-0.3, -0.25) is 4.79 Å². The van der Waals surface area contributed by atoms with Crippen molar-refractivity contribution in [2.24, 2.45) is 0 Å². The minimum Gasteiger partial charge on any atom is -0.336 e. The highest BCUT2D eigenvalue weighted by Gasteiger charge is 2.12. The Kier molecular flexibility index (Phi) is 5.12. The van der Waals surface area contributed by atoms with Crippen LogP contribution < -0.4 is 11.2 Å². The maximum atomic E-state index is 12.0. The first-order chi connectivity index (χ1) is 11.7. The number of amides is 1. The summed E-state index contributed by atoms with van der Waals surface area (Å²) in [6, 6.07) is 19.2. The van der Waals surface area contributed by atoms with Gasteiger partial charge in [0.2, 0.25) is 11.1 Å². The van der Waals surface area contributed by atoms with Crippen LogP contribution in [0.2, 0.25) is 0 Å². The molecule has 24 heavy (non-hydrogen) atoms. The second-order valence-corrected chi connectivity index (χ2v) is 6.08. The third-order valence-electron chi connectivity index (χ3n) is 3.33. The van der Waals surface area contributed by atoms with E-state index in [9.17, 15) is 4.79 Å². The van der Waals surface area contributed by atoms with Crippen LogP contribution in [0.5, 0.6) is 0 Å². The Bertz CT molecular complexity index is 804. The number of benzene rings is 2. The van der Waals surface area contributed by atoms with E-state index in [0.29, 0.717) is 17.4 Å². The number of hydrogen-bond donors (Lipinski definition) is 2. The number of aromatic nitrogens is 3. The first kappa shape index (κ1) is 16.1. The quantitative estimate of drug-likeness (QED) is 0.532. The summed E-state index contributed by atoms with van der Waals surface area (Å²) in [6.45, 7) is 0. The largest absolute Gasteiger partial charge is 0.336 e. The van der Waals surface area contributed by atoms with E-state index in [0.717, 1.165) is 11.3 Å². The summed E-state index contributed by atoms with van der Waals surface area (Å²) >= 11 is 1.26. The van der Waals surface area contributed by atoms with E-state index in [4.69, 9.17) is 5.84 Å². The zero-order valence-corrected chi connectivity index (χ0v) is 13.7. The summed E-state index contributed by atoms with van der Waals surface area (Å²) in [5.41, 5.74) is 1.87. The molecule has 0 atom stereocenters. The smallest absolute Gasteiger partial charge is 0.234 e. The van der Waals surface area contributed by atoms with Gasteiger partial charge >= 0.3 is 0 Å². The molecule has 1 heterocycles. The van der Waals surface area contributed by atoms with Crippen molar-refractivity contribution in [2.75, 3.05) is 16.9 Å².